The predicted octanol–water partition coefficient (Wildman–Crippen LogP) is 3.97. The minimum Gasteiger partial charge on any atom is -0.465 e. The van der Waals surface area contributed by atoms with Gasteiger partial charge < -0.3 is 4.74 Å². The maximum Gasteiger partial charge on any atom is 0.323 e. The highest BCUT2D eigenvalue weighted by molar-refractivity contribution is 5.76. The van der Waals surface area contributed by atoms with E-state index in [1.807, 2.05) is 19.1 Å². The van der Waals surface area contributed by atoms with Crippen LogP contribution in [0.25, 0.3) is 0 Å². The Morgan fingerprint density at radius 3 is 2.82 bits per heavy atom. The van der Waals surface area contributed by atoms with Gasteiger partial charge in [0, 0.05) is 6.04 Å². The number of benzene rings is 1. The molecule has 22 heavy (non-hydrogen) atoms. The Hall–Kier alpha value is -1.61. The lowest BCUT2D eigenvalue weighted by Crippen LogP contribution is -2.42. The maximum atomic E-state index is 12.5. The molecule has 3 nitrogen and oxygen atoms in total. The third-order valence-corrected chi connectivity index (χ3v) is 4.61. The summed E-state index contributed by atoms with van der Waals surface area (Å²) in [7, 11) is 0. The van der Waals surface area contributed by atoms with E-state index in [1.165, 1.54) is 5.56 Å². The van der Waals surface area contributed by atoms with Gasteiger partial charge >= 0.3 is 5.97 Å². The number of likely N-dealkylation sites (tertiary alicyclic amines) is 1. The van der Waals surface area contributed by atoms with Crippen LogP contribution in [0.4, 0.5) is 0 Å². The van der Waals surface area contributed by atoms with Crippen LogP contribution < -0.4 is 0 Å². The molecular formula is C19H27NO2. The molecule has 2 rings (SSSR count). The van der Waals surface area contributed by atoms with E-state index in [9.17, 15) is 4.79 Å². The monoisotopic (exact) mass is 301 g/mol. The molecule has 1 fully saturated rings. The summed E-state index contributed by atoms with van der Waals surface area (Å²) in [6.07, 6.45) is 4.94. The summed E-state index contributed by atoms with van der Waals surface area (Å²) in [5.41, 5.74) is 1.25. The van der Waals surface area contributed by atoms with Gasteiger partial charge in [-0.15, -0.1) is 6.58 Å². The Balaban J connectivity index is 2.17. The highest BCUT2D eigenvalue weighted by Gasteiger charge is 2.41. The largest absolute Gasteiger partial charge is 0.465 e. The lowest BCUT2D eigenvalue weighted by Gasteiger charge is -2.31. The molecule has 0 bridgehead atoms. The highest BCUT2D eigenvalue weighted by Crippen LogP contribution is 2.35. The number of rotatable bonds is 7. The average molecular weight is 301 g/mol. The number of esters is 1. The second-order valence-corrected chi connectivity index (χ2v) is 5.94. The van der Waals surface area contributed by atoms with Gasteiger partial charge in [0.15, 0.2) is 0 Å². The zero-order valence-electron chi connectivity index (χ0n) is 13.7. The SMILES string of the molecule is C=CCCC1CCN([C@@H](C)c2ccccc2)C1C(=O)OCC. The fourth-order valence-corrected chi connectivity index (χ4v) is 3.43. The number of carbonyl (C=O) groups is 1. The number of hydrogen-bond donors (Lipinski definition) is 0. The first-order valence-electron chi connectivity index (χ1n) is 8.27. The van der Waals surface area contributed by atoms with Crippen molar-refractivity contribution in [1.29, 1.82) is 0 Å². The maximum absolute atomic E-state index is 12.5. The van der Waals surface area contributed by atoms with Crippen LogP contribution in [0.15, 0.2) is 43.0 Å². The zero-order valence-corrected chi connectivity index (χ0v) is 13.7. The van der Waals surface area contributed by atoms with Gasteiger partial charge in [-0.2, -0.15) is 0 Å². The topological polar surface area (TPSA) is 29.5 Å². The van der Waals surface area contributed by atoms with E-state index in [0.29, 0.717) is 12.5 Å². The van der Waals surface area contributed by atoms with E-state index in [4.69, 9.17) is 4.74 Å². The first-order valence-corrected chi connectivity index (χ1v) is 8.27. The van der Waals surface area contributed by atoms with Crippen molar-refractivity contribution in [2.45, 2.75) is 45.2 Å². The molecule has 1 heterocycles. The van der Waals surface area contributed by atoms with E-state index in [-0.39, 0.29) is 18.1 Å². The lowest BCUT2D eigenvalue weighted by atomic mass is 9.94. The normalized spacial score (nSPS) is 23.2. The van der Waals surface area contributed by atoms with Crippen molar-refractivity contribution in [3.63, 3.8) is 0 Å². The molecule has 0 amide bonds. The zero-order chi connectivity index (χ0) is 15.9. The van der Waals surface area contributed by atoms with Gasteiger partial charge in [0.1, 0.15) is 6.04 Å². The minimum absolute atomic E-state index is 0.0724. The van der Waals surface area contributed by atoms with Crippen molar-refractivity contribution >= 4 is 5.97 Å². The molecular weight excluding hydrogens is 274 g/mol. The molecule has 1 aliphatic heterocycles. The Bertz CT molecular complexity index is 485. The molecule has 3 atom stereocenters. The minimum atomic E-state index is -0.130. The molecule has 1 aromatic rings. The fraction of sp³-hybridized carbons (Fsp3) is 0.526. The van der Waals surface area contributed by atoms with Crippen molar-refractivity contribution in [2.75, 3.05) is 13.2 Å². The summed E-state index contributed by atoms with van der Waals surface area (Å²) in [5.74, 6) is 0.292. The van der Waals surface area contributed by atoms with Crippen LogP contribution >= 0.6 is 0 Å². The predicted molar refractivity (Wildman–Crippen MR) is 89.5 cm³/mol. The first-order chi connectivity index (χ1) is 10.7. The summed E-state index contributed by atoms with van der Waals surface area (Å²) in [4.78, 5) is 14.8. The molecule has 0 aliphatic carbocycles. The summed E-state index contributed by atoms with van der Waals surface area (Å²) < 4.78 is 5.35. The molecule has 3 heteroatoms. The number of hydrogen-bond acceptors (Lipinski definition) is 3. The van der Waals surface area contributed by atoms with E-state index in [0.717, 1.165) is 25.8 Å². The second-order valence-electron chi connectivity index (χ2n) is 5.94. The quantitative estimate of drug-likeness (QED) is 0.564. The molecule has 0 N–H and O–H groups in total. The second kappa shape index (κ2) is 8.14. The fourth-order valence-electron chi connectivity index (χ4n) is 3.43. The van der Waals surface area contributed by atoms with Crippen LogP contribution in [0.2, 0.25) is 0 Å². The summed E-state index contributed by atoms with van der Waals surface area (Å²) in [6, 6.07) is 10.5. The van der Waals surface area contributed by atoms with Gasteiger partial charge in [-0.25, -0.2) is 0 Å². The summed E-state index contributed by atoms with van der Waals surface area (Å²) in [5, 5.41) is 0. The summed E-state index contributed by atoms with van der Waals surface area (Å²) in [6.45, 7) is 9.24. The molecule has 1 aliphatic rings. The number of ether oxygens (including phenoxy) is 1. The smallest absolute Gasteiger partial charge is 0.323 e. The number of allylic oxidation sites excluding steroid dienone is 1. The third kappa shape index (κ3) is 3.77. The van der Waals surface area contributed by atoms with Crippen LogP contribution in [-0.2, 0) is 9.53 Å². The van der Waals surface area contributed by atoms with Crippen LogP contribution in [0.5, 0.6) is 0 Å². The van der Waals surface area contributed by atoms with Gasteiger partial charge in [0.25, 0.3) is 0 Å². The van der Waals surface area contributed by atoms with Crippen molar-refractivity contribution in [3.05, 3.63) is 48.6 Å². The van der Waals surface area contributed by atoms with Crippen molar-refractivity contribution in [1.82, 2.24) is 4.90 Å². The van der Waals surface area contributed by atoms with Crippen molar-refractivity contribution in [3.8, 4) is 0 Å². The standard InChI is InChI=1S/C19H27NO2/c1-4-6-10-17-13-14-20(18(17)19(21)22-5-2)15(3)16-11-8-7-9-12-16/h4,7-9,11-12,15,17-18H,1,5-6,10,13-14H2,2-3H3/t15-,17?,18?/m0/s1. The number of nitrogens with zero attached hydrogens (tertiary/aromatic N) is 1. The van der Waals surface area contributed by atoms with Gasteiger partial charge in [-0.05, 0) is 51.1 Å². The van der Waals surface area contributed by atoms with Gasteiger partial charge in [0.05, 0.1) is 6.61 Å². The summed E-state index contributed by atoms with van der Waals surface area (Å²) >= 11 is 0. The van der Waals surface area contributed by atoms with Crippen LogP contribution in [0.3, 0.4) is 0 Å². The van der Waals surface area contributed by atoms with Crippen LogP contribution in [-0.4, -0.2) is 30.1 Å². The molecule has 120 valence electrons. The molecule has 0 saturated carbocycles. The van der Waals surface area contributed by atoms with E-state index < -0.39 is 0 Å². The van der Waals surface area contributed by atoms with Crippen molar-refractivity contribution < 1.29 is 9.53 Å². The Morgan fingerprint density at radius 2 is 2.18 bits per heavy atom. The van der Waals surface area contributed by atoms with E-state index in [2.05, 4.69) is 42.7 Å². The molecule has 1 aromatic carbocycles. The van der Waals surface area contributed by atoms with E-state index >= 15 is 0 Å². The molecule has 0 radical (unpaired) electrons. The van der Waals surface area contributed by atoms with Crippen LogP contribution in [0, 0.1) is 5.92 Å². The third-order valence-electron chi connectivity index (χ3n) is 4.61. The number of carbonyl (C=O) groups excluding carboxylic acids is 1. The average Bonchev–Trinajstić information content (AvgIpc) is 2.97. The Kier molecular flexibility index (Phi) is 6.20. The molecule has 0 spiro atoms. The molecule has 2 unspecified atom stereocenters. The highest BCUT2D eigenvalue weighted by atomic mass is 16.5. The molecule has 0 aromatic heterocycles. The van der Waals surface area contributed by atoms with E-state index in [1.54, 1.807) is 0 Å². The Labute approximate surface area is 134 Å². The van der Waals surface area contributed by atoms with Gasteiger partial charge in [-0.3, -0.25) is 9.69 Å². The molecule has 1 saturated heterocycles. The lowest BCUT2D eigenvalue weighted by molar-refractivity contribution is -0.150. The van der Waals surface area contributed by atoms with Crippen LogP contribution in [0.1, 0.15) is 44.7 Å². The van der Waals surface area contributed by atoms with Gasteiger partial charge in [0.2, 0.25) is 0 Å². The van der Waals surface area contributed by atoms with Crippen molar-refractivity contribution in [2.24, 2.45) is 5.92 Å². The first kappa shape index (κ1) is 16.8. The van der Waals surface area contributed by atoms with Gasteiger partial charge in [-0.1, -0.05) is 36.4 Å². The Morgan fingerprint density at radius 1 is 1.45 bits per heavy atom.